The first-order valence-electron chi connectivity index (χ1n) is 6.92. The molecule has 1 fully saturated rings. The van der Waals surface area contributed by atoms with Gasteiger partial charge in [0.2, 0.25) is 5.91 Å². The third kappa shape index (κ3) is 3.70. The summed E-state index contributed by atoms with van der Waals surface area (Å²) in [5.41, 5.74) is 5.77. The van der Waals surface area contributed by atoms with Crippen LogP contribution in [0.2, 0.25) is 0 Å². The fraction of sp³-hybridized carbons (Fsp3) is 0.929. The Kier molecular flexibility index (Phi) is 4.99. The molecule has 1 aliphatic carbocycles. The normalized spacial score (nSPS) is 31.3. The standard InChI is InChI=1S/C14H28N2O/c1-10(2)12(4)13(17)16-14(9-15)7-5-6-11(3)8-14/h10-12H,5-9,15H2,1-4H3,(H,16,17). The maximum Gasteiger partial charge on any atom is 0.223 e. The molecule has 1 rings (SSSR count). The SMILES string of the molecule is CC1CCCC(CN)(NC(=O)C(C)C(C)C)C1. The van der Waals surface area contributed by atoms with Gasteiger partial charge in [-0.3, -0.25) is 4.79 Å². The zero-order valence-electron chi connectivity index (χ0n) is 11.8. The molecule has 1 saturated carbocycles. The monoisotopic (exact) mass is 240 g/mol. The minimum atomic E-state index is -0.141. The van der Waals surface area contributed by atoms with Crippen LogP contribution in [0.4, 0.5) is 0 Å². The van der Waals surface area contributed by atoms with Crippen LogP contribution >= 0.6 is 0 Å². The highest BCUT2D eigenvalue weighted by atomic mass is 16.2. The molecule has 3 N–H and O–H groups in total. The zero-order valence-corrected chi connectivity index (χ0v) is 11.8. The third-order valence-electron chi connectivity index (χ3n) is 4.28. The van der Waals surface area contributed by atoms with Gasteiger partial charge >= 0.3 is 0 Å². The van der Waals surface area contributed by atoms with Crippen molar-refractivity contribution in [2.75, 3.05) is 6.54 Å². The maximum atomic E-state index is 12.2. The number of carbonyl (C=O) groups excluding carboxylic acids is 1. The lowest BCUT2D eigenvalue weighted by Crippen LogP contribution is -2.57. The van der Waals surface area contributed by atoms with Crippen molar-refractivity contribution < 1.29 is 4.79 Å². The Hall–Kier alpha value is -0.570. The summed E-state index contributed by atoms with van der Waals surface area (Å²) >= 11 is 0. The molecule has 0 heterocycles. The summed E-state index contributed by atoms with van der Waals surface area (Å²) in [5, 5.41) is 3.23. The number of carbonyl (C=O) groups is 1. The van der Waals surface area contributed by atoms with E-state index >= 15 is 0 Å². The molecule has 1 amide bonds. The molecule has 0 spiro atoms. The molecule has 0 aromatic carbocycles. The second-order valence-corrected chi connectivity index (χ2v) is 6.21. The van der Waals surface area contributed by atoms with Crippen LogP contribution in [0, 0.1) is 17.8 Å². The average Bonchev–Trinajstić information content (AvgIpc) is 2.27. The molecule has 0 radical (unpaired) electrons. The number of nitrogens with two attached hydrogens (primary N) is 1. The van der Waals surface area contributed by atoms with Gasteiger partial charge in [-0.1, -0.05) is 40.5 Å². The number of rotatable bonds is 4. The van der Waals surface area contributed by atoms with Crippen molar-refractivity contribution >= 4 is 5.91 Å². The quantitative estimate of drug-likeness (QED) is 0.792. The van der Waals surface area contributed by atoms with Crippen molar-refractivity contribution in [3.05, 3.63) is 0 Å². The maximum absolute atomic E-state index is 12.2. The van der Waals surface area contributed by atoms with Crippen LogP contribution in [-0.4, -0.2) is 18.0 Å². The lowest BCUT2D eigenvalue weighted by Gasteiger charge is -2.40. The van der Waals surface area contributed by atoms with Crippen LogP contribution in [0.3, 0.4) is 0 Å². The lowest BCUT2D eigenvalue weighted by molar-refractivity contribution is -0.128. The predicted molar refractivity (Wildman–Crippen MR) is 71.6 cm³/mol. The summed E-state index contributed by atoms with van der Waals surface area (Å²) in [5.74, 6) is 1.28. The van der Waals surface area contributed by atoms with E-state index in [0.29, 0.717) is 18.4 Å². The van der Waals surface area contributed by atoms with Gasteiger partial charge in [0.25, 0.3) is 0 Å². The molecule has 3 nitrogen and oxygen atoms in total. The number of nitrogens with one attached hydrogen (secondary N) is 1. The molecule has 0 bridgehead atoms. The van der Waals surface area contributed by atoms with E-state index in [1.165, 1.54) is 12.8 Å². The topological polar surface area (TPSA) is 55.1 Å². The summed E-state index contributed by atoms with van der Waals surface area (Å²) in [7, 11) is 0. The first kappa shape index (κ1) is 14.5. The highest BCUT2D eigenvalue weighted by molar-refractivity contribution is 5.79. The minimum Gasteiger partial charge on any atom is -0.349 e. The zero-order chi connectivity index (χ0) is 13.1. The van der Waals surface area contributed by atoms with E-state index in [4.69, 9.17) is 5.73 Å². The van der Waals surface area contributed by atoms with Crippen molar-refractivity contribution in [1.29, 1.82) is 0 Å². The van der Waals surface area contributed by atoms with E-state index in [0.717, 1.165) is 12.8 Å². The molecular weight excluding hydrogens is 212 g/mol. The van der Waals surface area contributed by atoms with E-state index in [1.807, 2.05) is 6.92 Å². The summed E-state index contributed by atoms with van der Waals surface area (Å²) in [6.45, 7) is 8.98. The van der Waals surface area contributed by atoms with E-state index < -0.39 is 0 Å². The third-order valence-corrected chi connectivity index (χ3v) is 4.28. The van der Waals surface area contributed by atoms with Gasteiger partial charge in [-0.2, -0.15) is 0 Å². The van der Waals surface area contributed by atoms with Crippen LogP contribution in [-0.2, 0) is 4.79 Å². The van der Waals surface area contributed by atoms with Crippen molar-refractivity contribution in [2.24, 2.45) is 23.5 Å². The number of amides is 1. The lowest BCUT2D eigenvalue weighted by atomic mass is 9.76. The summed E-state index contributed by atoms with van der Waals surface area (Å²) in [6.07, 6.45) is 4.50. The summed E-state index contributed by atoms with van der Waals surface area (Å²) < 4.78 is 0. The van der Waals surface area contributed by atoms with E-state index in [9.17, 15) is 4.79 Å². The van der Waals surface area contributed by atoms with Gasteiger partial charge < -0.3 is 11.1 Å². The molecule has 0 aromatic rings. The van der Waals surface area contributed by atoms with E-state index in [-0.39, 0.29) is 17.4 Å². The predicted octanol–water partition coefficient (Wildman–Crippen LogP) is 2.30. The number of hydrogen-bond donors (Lipinski definition) is 2. The van der Waals surface area contributed by atoms with Crippen molar-refractivity contribution in [2.45, 2.75) is 58.9 Å². The first-order valence-corrected chi connectivity index (χ1v) is 6.92. The fourth-order valence-electron chi connectivity index (χ4n) is 2.69. The molecule has 1 aliphatic rings. The Labute approximate surface area is 106 Å². The Balaban J connectivity index is 2.65. The Morgan fingerprint density at radius 2 is 2.12 bits per heavy atom. The second kappa shape index (κ2) is 5.85. The van der Waals surface area contributed by atoms with Gasteiger partial charge in [-0.15, -0.1) is 0 Å². The van der Waals surface area contributed by atoms with Crippen LogP contribution in [0.5, 0.6) is 0 Å². The summed E-state index contributed by atoms with van der Waals surface area (Å²) in [4.78, 5) is 12.2. The highest BCUT2D eigenvalue weighted by Gasteiger charge is 2.36. The van der Waals surface area contributed by atoms with Crippen molar-refractivity contribution in [3.63, 3.8) is 0 Å². The molecule has 0 aromatic heterocycles. The molecule has 0 saturated heterocycles. The summed E-state index contributed by atoms with van der Waals surface area (Å²) in [6, 6.07) is 0. The van der Waals surface area contributed by atoms with Gasteiger partial charge in [0.1, 0.15) is 0 Å². The van der Waals surface area contributed by atoms with Crippen LogP contribution in [0.15, 0.2) is 0 Å². The van der Waals surface area contributed by atoms with Crippen LogP contribution in [0.25, 0.3) is 0 Å². The Morgan fingerprint density at radius 1 is 1.47 bits per heavy atom. The molecule has 3 atom stereocenters. The van der Waals surface area contributed by atoms with Crippen molar-refractivity contribution in [1.82, 2.24) is 5.32 Å². The Bertz CT molecular complexity index is 265. The minimum absolute atomic E-state index is 0.0654. The molecular formula is C14H28N2O. The molecule has 0 aliphatic heterocycles. The van der Waals surface area contributed by atoms with Crippen LogP contribution < -0.4 is 11.1 Å². The van der Waals surface area contributed by atoms with Gasteiger partial charge in [-0.25, -0.2) is 0 Å². The smallest absolute Gasteiger partial charge is 0.223 e. The second-order valence-electron chi connectivity index (χ2n) is 6.21. The van der Waals surface area contributed by atoms with E-state index in [2.05, 4.69) is 26.1 Å². The van der Waals surface area contributed by atoms with Gasteiger partial charge in [0.15, 0.2) is 0 Å². The van der Waals surface area contributed by atoms with Crippen molar-refractivity contribution in [3.8, 4) is 0 Å². The first-order chi connectivity index (χ1) is 7.90. The van der Waals surface area contributed by atoms with Crippen LogP contribution in [0.1, 0.15) is 53.4 Å². The average molecular weight is 240 g/mol. The van der Waals surface area contributed by atoms with Gasteiger partial charge in [0, 0.05) is 12.5 Å². The highest BCUT2D eigenvalue weighted by Crippen LogP contribution is 2.32. The Morgan fingerprint density at radius 3 is 2.59 bits per heavy atom. The molecule has 100 valence electrons. The molecule has 3 heteroatoms. The van der Waals surface area contributed by atoms with Gasteiger partial charge in [-0.05, 0) is 24.7 Å². The number of hydrogen-bond acceptors (Lipinski definition) is 2. The fourth-order valence-corrected chi connectivity index (χ4v) is 2.69. The molecule has 17 heavy (non-hydrogen) atoms. The van der Waals surface area contributed by atoms with E-state index in [1.54, 1.807) is 0 Å². The van der Waals surface area contributed by atoms with Gasteiger partial charge in [0.05, 0.1) is 5.54 Å². The largest absolute Gasteiger partial charge is 0.349 e. The molecule has 3 unspecified atom stereocenters.